The Balaban J connectivity index is 1.83. The number of fused-ring (bicyclic) bond motifs is 3. The third-order valence-electron chi connectivity index (χ3n) is 4.46. The van der Waals surface area contributed by atoms with E-state index in [1.54, 1.807) is 18.9 Å². The van der Waals surface area contributed by atoms with Crippen LogP contribution in [0, 0.1) is 0 Å². The van der Waals surface area contributed by atoms with Crippen molar-refractivity contribution in [3.8, 4) is 5.75 Å². The first-order chi connectivity index (χ1) is 11.7. The number of para-hydroxylation sites is 1. The Bertz CT molecular complexity index is 950. The van der Waals surface area contributed by atoms with E-state index in [1.807, 2.05) is 12.1 Å². The van der Waals surface area contributed by atoms with Crippen LogP contribution in [0.15, 0.2) is 71.8 Å². The lowest BCUT2D eigenvalue weighted by atomic mass is 9.91. The van der Waals surface area contributed by atoms with E-state index in [0.717, 1.165) is 11.3 Å². The monoisotopic (exact) mass is 333 g/mol. The summed E-state index contributed by atoms with van der Waals surface area (Å²) in [5, 5.41) is 2.51. The second-order valence-electron chi connectivity index (χ2n) is 6.10. The third-order valence-corrected chi connectivity index (χ3v) is 5.57. The molecule has 3 aromatic rings. The Morgan fingerprint density at radius 1 is 1.12 bits per heavy atom. The van der Waals surface area contributed by atoms with Gasteiger partial charge in [0.2, 0.25) is 0 Å². The number of hydrogen-bond donors (Lipinski definition) is 1. The minimum atomic E-state index is 0.231. The first-order valence-corrected chi connectivity index (χ1v) is 8.79. The lowest BCUT2D eigenvalue weighted by Gasteiger charge is -2.22. The van der Waals surface area contributed by atoms with Gasteiger partial charge in [0.05, 0.1) is 12.1 Å². The smallest absolute Gasteiger partial charge is 0.118 e. The highest BCUT2D eigenvalue weighted by Crippen LogP contribution is 2.49. The maximum absolute atomic E-state index is 5.27. The lowest BCUT2D eigenvalue weighted by molar-refractivity contribution is 0.415. The van der Waals surface area contributed by atoms with Crippen LogP contribution < -0.4 is 4.74 Å². The number of aromatic nitrogens is 1. The van der Waals surface area contributed by atoms with Gasteiger partial charge in [-0.2, -0.15) is 0 Å². The summed E-state index contributed by atoms with van der Waals surface area (Å²) in [7, 11) is 1.69. The number of nitrogens with one attached hydrogen (secondary N) is 1. The molecule has 0 radical (unpaired) electrons. The Morgan fingerprint density at radius 3 is 2.58 bits per heavy atom. The highest BCUT2D eigenvalue weighted by molar-refractivity contribution is 8.08. The van der Waals surface area contributed by atoms with Crippen LogP contribution in [0.25, 0.3) is 15.8 Å². The first-order valence-electron chi connectivity index (χ1n) is 7.97. The molecule has 1 aliphatic rings. The number of aromatic amines is 1. The number of allylic oxidation sites excluding steroid dienone is 2. The Labute approximate surface area is 146 Å². The summed E-state index contributed by atoms with van der Waals surface area (Å²) >= 11 is 1.79. The molecule has 24 heavy (non-hydrogen) atoms. The topological polar surface area (TPSA) is 25.0 Å². The predicted octanol–water partition coefficient (Wildman–Crippen LogP) is 5.98. The molecule has 0 saturated heterocycles. The van der Waals surface area contributed by atoms with Crippen LogP contribution in [0.2, 0.25) is 0 Å². The van der Waals surface area contributed by atoms with E-state index < -0.39 is 0 Å². The fraction of sp³-hybridized carbons (Fsp3) is 0.143. The molecule has 2 heterocycles. The summed E-state index contributed by atoms with van der Waals surface area (Å²) in [6, 6.07) is 16.7. The zero-order valence-electron chi connectivity index (χ0n) is 13.8. The predicted molar refractivity (Wildman–Crippen MR) is 103 cm³/mol. The van der Waals surface area contributed by atoms with E-state index in [2.05, 4.69) is 61.0 Å². The summed E-state index contributed by atoms with van der Waals surface area (Å²) in [5.74, 6) is 1.11. The second-order valence-corrected chi connectivity index (χ2v) is 7.15. The van der Waals surface area contributed by atoms with Gasteiger partial charge in [-0.1, -0.05) is 60.3 Å². The molecule has 0 bridgehead atoms. The Hall–Kier alpha value is -2.39. The molecule has 1 unspecified atom stereocenters. The van der Waals surface area contributed by atoms with Crippen molar-refractivity contribution in [3.05, 3.63) is 77.9 Å². The molecular formula is C21H19NOS. The third kappa shape index (κ3) is 2.45. The second kappa shape index (κ2) is 5.91. The molecule has 0 amide bonds. The zero-order valence-corrected chi connectivity index (χ0v) is 14.6. The van der Waals surface area contributed by atoms with Crippen LogP contribution in [0.3, 0.4) is 0 Å². The van der Waals surface area contributed by atoms with Crippen molar-refractivity contribution in [2.75, 3.05) is 7.11 Å². The zero-order chi connectivity index (χ0) is 16.7. The molecule has 0 aliphatic carbocycles. The van der Waals surface area contributed by atoms with Crippen molar-refractivity contribution in [1.82, 2.24) is 4.98 Å². The van der Waals surface area contributed by atoms with Crippen LogP contribution in [-0.4, -0.2) is 12.1 Å². The van der Waals surface area contributed by atoms with Gasteiger partial charge in [0.15, 0.2) is 0 Å². The van der Waals surface area contributed by atoms with Crippen LogP contribution >= 0.6 is 11.8 Å². The number of hydrogen-bond acceptors (Lipinski definition) is 2. The highest BCUT2D eigenvalue weighted by atomic mass is 32.2. The largest absolute Gasteiger partial charge is 0.497 e. The summed E-state index contributed by atoms with van der Waals surface area (Å²) < 4.78 is 5.27. The molecule has 3 heteroatoms. The average Bonchev–Trinajstić information content (AvgIpc) is 2.99. The molecule has 1 atom stereocenters. The van der Waals surface area contributed by atoms with Gasteiger partial charge in [0.1, 0.15) is 5.75 Å². The van der Waals surface area contributed by atoms with E-state index in [4.69, 9.17) is 4.74 Å². The van der Waals surface area contributed by atoms with Crippen molar-refractivity contribution in [2.45, 2.75) is 17.9 Å². The van der Waals surface area contributed by atoms with E-state index in [9.17, 15) is 0 Å². The van der Waals surface area contributed by atoms with Gasteiger partial charge in [-0.25, -0.2) is 0 Å². The number of thioether (sulfide) groups is 1. The molecule has 1 aromatic heterocycles. The van der Waals surface area contributed by atoms with E-state index in [0.29, 0.717) is 0 Å². The van der Waals surface area contributed by atoms with Crippen LogP contribution in [0.1, 0.15) is 24.0 Å². The van der Waals surface area contributed by atoms with E-state index >= 15 is 0 Å². The van der Waals surface area contributed by atoms with Gasteiger partial charge in [-0.3, -0.25) is 0 Å². The number of ether oxygens (including phenoxy) is 1. The molecule has 0 spiro atoms. The number of benzene rings is 2. The number of H-pyrrole nitrogens is 1. The SMILES string of the molecule is C=C(C)C1C=C(c2ccc(OC)cc2)Sc2[nH]c3ccccc3c21. The normalized spacial score (nSPS) is 16.6. The molecule has 1 aliphatic heterocycles. The minimum absolute atomic E-state index is 0.231. The molecule has 2 aromatic carbocycles. The molecule has 4 rings (SSSR count). The van der Waals surface area contributed by atoms with Crippen molar-refractivity contribution < 1.29 is 4.74 Å². The number of rotatable bonds is 3. The maximum Gasteiger partial charge on any atom is 0.118 e. The van der Waals surface area contributed by atoms with Crippen LogP contribution in [-0.2, 0) is 0 Å². The molecular weight excluding hydrogens is 314 g/mol. The summed E-state index contributed by atoms with van der Waals surface area (Å²) in [6.07, 6.45) is 2.33. The standard InChI is InChI=1S/C21H19NOS/c1-13(2)17-12-19(14-8-10-15(23-3)11-9-14)24-21-20(17)16-6-4-5-7-18(16)22-21/h4-12,17,22H,1H2,2-3H3. The van der Waals surface area contributed by atoms with Gasteiger partial charge in [-0.05, 0) is 30.7 Å². The van der Waals surface area contributed by atoms with Gasteiger partial charge in [-0.15, -0.1) is 0 Å². The summed E-state index contributed by atoms with van der Waals surface area (Å²) in [4.78, 5) is 4.83. The summed E-state index contributed by atoms with van der Waals surface area (Å²) in [6.45, 7) is 6.34. The summed E-state index contributed by atoms with van der Waals surface area (Å²) in [5.41, 5.74) is 4.90. The van der Waals surface area contributed by atoms with Crippen molar-refractivity contribution in [1.29, 1.82) is 0 Å². The van der Waals surface area contributed by atoms with Crippen molar-refractivity contribution in [2.24, 2.45) is 0 Å². The average molecular weight is 333 g/mol. The quantitative estimate of drug-likeness (QED) is 0.596. The Kier molecular flexibility index (Phi) is 3.73. The molecule has 2 nitrogen and oxygen atoms in total. The van der Waals surface area contributed by atoms with Gasteiger partial charge >= 0.3 is 0 Å². The van der Waals surface area contributed by atoms with Gasteiger partial charge in [0.25, 0.3) is 0 Å². The van der Waals surface area contributed by atoms with E-state index in [-0.39, 0.29) is 5.92 Å². The highest BCUT2D eigenvalue weighted by Gasteiger charge is 2.26. The van der Waals surface area contributed by atoms with Gasteiger partial charge in [0, 0.05) is 27.3 Å². The van der Waals surface area contributed by atoms with Crippen LogP contribution in [0.4, 0.5) is 0 Å². The maximum atomic E-state index is 5.27. The Morgan fingerprint density at radius 2 is 1.88 bits per heavy atom. The van der Waals surface area contributed by atoms with Crippen LogP contribution in [0.5, 0.6) is 5.75 Å². The van der Waals surface area contributed by atoms with Gasteiger partial charge < -0.3 is 9.72 Å². The van der Waals surface area contributed by atoms with Crippen molar-refractivity contribution >= 4 is 27.6 Å². The number of methoxy groups -OCH3 is 1. The first kappa shape index (κ1) is 15.2. The van der Waals surface area contributed by atoms with Crippen molar-refractivity contribution in [3.63, 3.8) is 0 Å². The minimum Gasteiger partial charge on any atom is -0.497 e. The molecule has 120 valence electrons. The lowest BCUT2D eigenvalue weighted by Crippen LogP contribution is -2.02. The molecule has 1 N–H and O–H groups in total. The fourth-order valence-corrected chi connectivity index (χ4v) is 4.39. The fourth-order valence-electron chi connectivity index (χ4n) is 3.21. The molecule has 0 saturated carbocycles. The molecule has 0 fully saturated rings. The van der Waals surface area contributed by atoms with E-state index in [1.165, 1.54) is 32.0 Å².